The summed E-state index contributed by atoms with van der Waals surface area (Å²) in [7, 11) is 1.64. The number of amides is 1. The smallest absolute Gasteiger partial charge is 0.232 e. The van der Waals surface area contributed by atoms with Crippen molar-refractivity contribution in [3.8, 4) is 0 Å². The van der Waals surface area contributed by atoms with Crippen LogP contribution in [0.4, 0.5) is 5.82 Å². The van der Waals surface area contributed by atoms with E-state index in [1.807, 2.05) is 6.07 Å². The van der Waals surface area contributed by atoms with E-state index in [9.17, 15) is 13.2 Å². The molecule has 1 fully saturated rings. The predicted molar refractivity (Wildman–Crippen MR) is 77.1 cm³/mol. The Kier molecular flexibility index (Phi) is 4.12. The summed E-state index contributed by atoms with van der Waals surface area (Å²) in [5.41, 5.74) is 0. The lowest BCUT2D eigenvalue weighted by atomic mass is 10.1. The molecule has 2 heterocycles. The quantitative estimate of drug-likeness (QED) is 0.571. The van der Waals surface area contributed by atoms with Crippen LogP contribution in [0, 0.1) is 9.49 Å². The molecule has 1 atom stereocenters. The Bertz CT molecular complexity index is 578. The maximum Gasteiger partial charge on any atom is 0.232 e. The molecule has 18 heavy (non-hydrogen) atoms. The number of rotatable bonds is 3. The van der Waals surface area contributed by atoms with Gasteiger partial charge in [-0.1, -0.05) is 0 Å². The van der Waals surface area contributed by atoms with Crippen molar-refractivity contribution in [2.24, 2.45) is 5.92 Å². The van der Waals surface area contributed by atoms with Gasteiger partial charge >= 0.3 is 0 Å². The van der Waals surface area contributed by atoms with E-state index in [1.165, 1.54) is 4.90 Å². The fourth-order valence-corrected chi connectivity index (χ4v) is 3.91. The highest BCUT2D eigenvalue weighted by molar-refractivity contribution is 14.1. The molecule has 2 rings (SSSR count). The van der Waals surface area contributed by atoms with Gasteiger partial charge in [0.2, 0.25) is 15.0 Å². The highest BCUT2D eigenvalue weighted by Gasteiger charge is 2.34. The van der Waals surface area contributed by atoms with Gasteiger partial charge in [-0.2, -0.15) is 0 Å². The number of carbonyl (C=O) groups is 1. The van der Waals surface area contributed by atoms with Crippen molar-refractivity contribution >= 4 is 54.0 Å². The first-order valence-electron chi connectivity index (χ1n) is 5.20. The second-order valence-corrected chi connectivity index (χ2v) is 8.07. The van der Waals surface area contributed by atoms with Gasteiger partial charge in [-0.15, -0.1) is 0 Å². The van der Waals surface area contributed by atoms with Gasteiger partial charge in [0.1, 0.15) is 5.82 Å². The lowest BCUT2D eigenvalue weighted by molar-refractivity contribution is -0.117. The molecule has 1 aromatic heterocycles. The minimum Gasteiger partial charge on any atom is -0.296 e. The van der Waals surface area contributed by atoms with Crippen molar-refractivity contribution in [3.05, 3.63) is 21.9 Å². The fourth-order valence-electron chi connectivity index (χ4n) is 1.96. The predicted octanol–water partition coefficient (Wildman–Crippen LogP) is 1.61. The molecular weight excluding hydrogens is 391 g/mol. The monoisotopic (exact) mass is 400 g/mol. The molecule has 0 N–H and O–H groups in total. The van der Waals surface area contributed by atoms with Crippen LogP contribution in [0.15, 0.2) is 18.3 Å². The molecule has 1 aliphatic rings. The van der Waals surface area contributed by atoms with Crippen LogP contribution in [-0.4, -0.2) is 31.6 Å². The normalized spacial score (nSPS) is 20.4. The summed E-state index contributed by atoms with van der Waals surface area (Å²) in [5.74, 6) is 0.0209. The van der Waals surface area contributed by atoms with Crippen LogP contribution in [0.5, 0.6) is 0 Å². The highest BCUT2D eigenvalue weighted by atomic mass is 127. The van der Waals surface area contributed by atoms with Gasteiger partial charge in [-0.3, -0.25) is 9.69 Å². The van der Waals surface area contributed by atoms with Crippen molar-refractivity contribution in [2.75, 3.05) is 17.2 Å². The maximum absolute atomic E-state index is 11.9. The standard InChI is InChI=1S/C10H10ClIN2O3S/c11-18(16,17)6-7-4-9(15)14(5-7)10-8(12)2-1-3-13-10/h1-3,7H,4-6H2. The van der Waals surface area contributed by atoms with Gasteiger partial charge in [-0.25, -0.2) is 13.4 Å². The third-order valence-corrected chi connectivity index (χ3v) is 4.72. The van der Waals surface area contributed by atoms with Crippen LogP contribution in [0.1, 0.15) is 6.42 Å². The third-order valence-electron chi connectivity index (χ3n) is 2.63. The number of hydrogen-bond acceptors (Lipinski definition) is 4. The zero-order valence-electron chi connectivity index (χ0n) is 9.21. The van der Waals surface area contributed by atoms with E-state index in [1.54, 1.807) is 12.3 Å². The number of carbonyl (C=O) groups excluding carboxylic acids is 1. The SMILES string of the molecule is O=C1CC(CS(=O)(=O)Cl)CN1c1ncccc1I. The van der Waals surface area contributed by atoms with Crippen molar-refractivity contribution in [2.45, 2.75) is 6.42 Å². The summed E-state index contributed by atoms with van der Waals surface area (Å²) in [6.07, 6.45) is 1.80. The molecular formula is C10H10ClIN2O3S. The largest absolute Gasteiger partial charge is 0.296 e. The Morgan fingerprint density at radius 3 is 2.89 bits per heavy atom. The molecule has 1 unspecified atom stereocenters. The average Bonchev–Trinajstić information content (AvgIpc) is 2.57. The second kappa shape index (κ2) is 5.30. The van der Waals surface area contributed by atoms with Gasteiger partial charge in [-0.05, 0) is 34.7 Å². The minimum absolute atomic E-state index is 0.114. The first-order valence-corrected chi connectivity index (χ1v) is 8.76. The maximum atomic E-state index is 11.9. The van der Waals surface area contributed by atoms with Crippen molar-refractivity contribution in [1.29, 1.82) is 0 Å². The summed E-state index contributed by atoms with van der Waals surface area (Å²) in [4.78, 5) is 17.5. The van der Waals surface area contributed by atoms with E-state index < -0.39 is 9.05 Å². The average molecular weight is 401 g/mol. The molecule has 1 aliphatic heterocycles. The van der Waals surface area contributed by atoms with E-state index in [0.717, 1.165) is 3.57 Å². The van der Waals surface area contributed by atoms with Crippen molar-refractivity contribution < 1.29 is 13.2 Å². The van der Waals surface area contributed by atoms with E-state index in [4.69, 9.17) is 10.7 Å². The Morgan fingerprint density at radius 1 is 1.56 bits per heavy atom. The lowest BCUT2D eigenvalue weighted by Gasteiger charge is -2.16. The summed E-state index contributed by atoms with van der Waals surface area (Å²) in [6.45, 7) is 0.345. The molecule has 0 aromatic carbocycles. The number of pyridine rings is 1. The van der Waals surface area contributed by atoms with E-state index >= 15 is 0 Å². The Labute approximate surface area is 123 Å². The fraction of sp³-hybridized carbons (Fsp3) is 0.400. The number of aromatic nitrogens is 1. The van der Waals surface area contributed by atoms with Crippen LogP contribution < -0.4 is 4.90 Å². The van der Waals surface area contributed by atoms with E-state index in [-0.39, 0.29) is 24.0 Å². The zero-order valence-corrected chi connectivity index (χ0v) is 12.9. The minimum atomic E-state index is -3.58. The first-order chi connectivity index (χ1) is 8.37. The Balaban J connectivity index is 2.18. The Morgan fingerprint density at radius 2 is 2.28 bits per heavy atom. The number of anilines is 1. The number of hydrogen-bond donors (Lipinski definition) is 0. The molecule has 0 bridgehead atoms. The van der Waals surface area contributed by atoms with E-state index in [2.05, 4.69) is 27.6 Å². The first kappa shape index (κ1) is 14.0. The summed E-state index contributed by atoms with van der Waals surface area (Å²) >= 11 is 2.09. The number of halogens is 2. The van der Waals surface area contributed by atoms with E-state index in [0.29, 0.717) is 12.4 Å². The Hall–Kier alpha value is -0.410. The highest BCUT2D eigenvalue weighted by Crippen LogP contribution is 2.28. The van der Waals surface area contributed by atoms with Gasteiger partial charge in [0.25, 0.3) is 0 Å². The zero-order chi connectivity index (χ0) is 13.3. The van der Waals surface area contributed by atoms with Gasteiger partial charge in [0.15, 0.2) is 0 Å². The number of nitrogens with zero attached hydrogens (tertiary/aromatic N) is 2. The molecule has 0 saturated carbocycles. The molecule has 0 aliphatic carbocycles. The van der Waals surface area contributed by atoms with Crippen LogP contribution in [-0.2, 0) is 13.8 Å². The van der Waals surface area contributed by atoms with Crippen LogP contribution in [0.2, 0.25) is 0 Å². The molecule has 5 nitrogen and oxygen atoms in total. The summed E-state index contributed by atoms with van der Waals surface area (Å²) in [6, 6.07) is 3.63. The van der Waals surface area contributed by atoms with Crippen molar-refractivity contribution in [3.63, 3.8) is 0 Å². The van der Waals surface area contributed by atoms with Crippen molar-refractivity contribution in [1.82, 2.24) is 4.98 Å². The molecule has 0 spiro atoms. The molecule has 98 valence electrons. The molecule has 1 aromatic rings. The lowest BCUT2D eigenvalue weighted by Crippen LogP contribution is -2.27. The van der Waals surface area contributed by atoms with Crippen LogP contribution in [0.3, 0.4) is 0 Å². The molecule has 8 heteroatoms. The molecule has 1 amide bonds. The summed E-state index contributed by atoms with van der Waals surface area (Å²) < 4.78 is 22.9. The second-order valence-electron chi connectivity index (χ2n) is 4.09. The van der Waals surface area contributed by atoms with Gasteiger partial charge in [0, 0.05) is 35.8 Å². The topological polar surface area (TPSA) is 67.3 Å². The summed E-state index contributed by atoms with van der Waals surface area (Å²) in [5, 5.41) is 0. The van der Waals surface area contributed by atoms with Gasteiger partial charge in [0.05, 0.1) is 9.32 Å². The molecule has 0 radical (unpaired) electrons. The van der Waals surface area contributed by atoms with Crippen LogP contribution >= 0.6 is 33.3 Å². The molecule has 1 saturated heterocycles. The third kappa shape index (κ3) is 3.33. The van der Waals surface area contributed by atoms with Gasteiger partial charge < -0.3 is 0 Å². The van der Waals surface area contributed by atoms with Crippen LogP contribution in [0.25, 0.3) is 0 Å².